The van der Waals surface area contributed by atoms with Gasteiger partial charge in [-0.3, -0.25) is 0 Å². The molecule has 0 bridgehead atoms. The van der Waals surface area contributed by atoms with Crippen molar-refractivity contribution >= 4 is 23.5 Å². The highest BCUT2D eigenvalue weighted by molar-refractivity contribution is 6.30. The minimum absolute atomic E-state index is 0.236. The second-order valence-corrected chi connectivity index (χ2v) is 7.67. The average Bonchev–Trinajstić information content (AvgIpc) is 3.12. The molecule has 0 unspecified atom stereocenters. The van der Waals surface area contributed by atoms with E-state index in [1.165, 1.54) is 0 Å². The van der Waals surface area contributed by atoms with Gasteiger partial charge in [0.05, 0.1) is 13.2 Å². The molecular formula is C19H22ClNO4. The zero-order valence-electron chi connectivity index (χ0n) is 14.6. The number of rotatable bonds is 2. The van der Waals surface area contributed by atoms with Crippen LogP contribution in [0.4, 0.5) is 0 Å². The zero-order chi connectivity index (χ0) is 17.7. The van der Waals surface area contributed by atoms with Crippen molar-refractivity contribution in [2.45, 2.75) is 57.3 Å². The Morgan fingerprint density at radius 2 is 1.68 bits per heavy atom. The van der Waals surface area contributed by atoms with Gasteiger partial charge in [-0.1, -0.05) is 11.6 Å². The number of cyclic esters (lactones) is 1. The summed E-state index contributed by atoms with van der Waals surface area (Å²) in [5.41, 5.74) is 2.52. The Morgan fingerprint density at radius 1 is 1.08 bits per heavy atom. The lowest BCUT2D eigenvalue weighted by atomic mass is 9.79. The van der Waals surface area contributed by atoms with Gasteiger partial charge >= 0.3 is 5.97 Å². The van der Waals surface area contributed by atoms with Crippen molar-refractivity contribution in [2.24, 2.45) is 4.99 Å². The summed E-state index contributed by atoms with van der Waals surface area (Å²) in [6.07, 6.45) is 3.08. The first-order valence-electron chi connectivity index (χ1n) is 8.76. The van der Waals surface area contributed by atoms with E-state index in [4.69, 9.17) is 30.8 Å². The summed E-state index contributed by atoms with van der Waals surface area (Å²) in [6.45, 7) is 5.28. The highest BCUT2D eigenvalue weighted by atomic mass is 35.5. The third-order valence-corrected chi connectivity index (χ3v) is 5.79. The Balaban J connectivity index is 1.53. The number of aryl methyl sites for hydroxylation is 2. The first-order valence-corrected chi connectivity index (χ1v) is 9.14. The number of hydrogen-bond acceptors (Lipinski definition) is 5. The van der Waals surface area contributed by atoms with Crippen molar-refractivity contribution in [3.63, 3.8) is 0 Å². The third-order valence-electron chi connectivity index (χ3n) is 5.57. The summed E-state index contributed by atoms with van der Waals surface area (Å²) in [4.78, 5) is 17.3. The number of carbonyl (C=O) groups excluding carboxylic acids is 1. The molecule has 1 aromatic rings. The Kier molecular flexibility index (Phi) is 4.13. The van der Waals surface area contributed by atoms with Crippen LogP contribution in [-0.2, 0) is 25.4 Å². The third kappa shape index (κ3) is 2.98. The van der Waals surface area contributed by atoms with E-state index in [1.54, 1.807) is 0 Å². The number of benzene rings is 1. The molecule has 0 atom stereocenters. The van der Waals surface area contributed by atoms with Gasteiger partial charge in [-0.2, -0.15) is 0 Å². The van der Waals surface area contributed by atoms with Gasteiger partial charge in [-0.25, -0.2) is 9.79 Å². The number of carbonyl (C=O) groups is 1. The topological polar surface area (TPSA) is 57.1 Å². The van der Waals surface area contributed by atoms with E-state index in [2.05, 4.69) is 0 Å². The maximum absolute atomic E-state index is 12.5. The summed E-state index contributed by atoms with van der Waals surface area (Å²) in [7, 11) is 0. The fourth-order valence-corrected chi connectivity index (χ4v) is 4.43. The van der Waals surface area contributed by atoms with Crippen molar-refractivity contribution in [3.05, 3.63) is 33.8 Å². The van der Waals surface area contributed by atoms with Gasteiger partial charge in [0, 0.05) is 24.3 Å². The van der Waals surface area contributed by atoms with Crippen molar-refractivity contribution in [1.82, 2.24) is 0 Å². The van der Waals surface area contributed by atoms with Gasteiger partial charge in [0.25, 0.3) is 0 Å². The molecule has 2 spiro atoms. The summed E-state index contributed by atoms with van der Waals surface area (Å²) in [5.74, 6) is -0.241. The molecule has 0 radical (unpaired) electrons. The van der Waals surface area contributed by atoms with Gasteiger partial charge in [-0.05, 0) is 55.5 Å². The SMILES string of the molecule is Cc1cc(Cl)cc(C)c1CC1=NC2(CCC3(CC2)OCCO3)C(=O)O1. The summed E-state index contributed by atoms with van der Waals surface area (Å²) < 4.78 is 17.0. The average molecular weight is 364 g/mol. The molecule has 25 heavy (non-hydrogen) atoms. The molecule has 5 nitrogen and oxygen atoms in total. The van der Waals surface area contributed by atoms with Gasteiger partial charge < -0.3 is 14.2 Å². The molecule has 1 saturated heterocycles. The van der Waals surface area contributed by atoms with Crippen LogP contribution in [0.3, 0.4) is 0 Å². The number of halogens is 1. The molecule has 2 fully saturated rings. The molecule has 4 rings (SSSR count). The summed E-state index contributed by atoms with van der Waals surface area (Å²) in [5, 5.41) is 0.717. The van der Waals surface area contributed by atoms with Crippen LogP contribution in [-0.4, -0.2) is 36.4 Å². The molecule has 1 aliphatic carbocycles. The molecule has 2 aliphatic heterocycles. The number of aliphatic imine (C=N–C) groups is 1. The lowest BCUT2D eigenvalue weighted by molar-refractivity contribution is -0.186. The van der Waals surface area contributed by atoms with Crippen LogP contribution < -0.4 is 0 Å². The maximum Gasteiger partial charge on any atom is 0.340 e. The Hall–Kier alpha value is -1.43. The van der Waals surface area contributed by atoms with E-state index in [1.807, 2.05) is 26.0 Å². The number of nitrogens with zero attached hydrogens (tertiary/aromatic N) is 1. The van der Waals surface area contributed by atoms with Crippen LogP contribution in [0.5, 0.6) is 0 Å². The largest absolute Gasteiger partial charge is 0.410 e. The molecule has 6 heteroatoms. The molecular weight excluding hydrogens is 342 g/mol. The van der Waals surface area contributed by atoms with E-state index in [0.29, 0.717) is 51.2 Å². The Labute approximate surface area is 152 Å². The zero-order valence-corrected chi connectivity index (χ0v) is 15.3. The van der Waals surface area contributed by atoms with Crippen molar-refractivity contribution in [3.8, 4) is 0 Å². The van der Waals surface area contributed by atoms with Gasteiger partial charge in [-0.15, -0.1) is 0 Å². The molecule has 3 aliphatic rings. The molecule has 0 N–H and O–H groups in total. The highest BCUT2D eigenvalue weighted by Crippen LogP contribution is 2.44. The van der Waals surface area contributed by atoms with Crippen molar-refractivity contribution in [1.29, 1.82) is 0 Å². The Bertz CT molecular complexity index is 719. The minimum atomic E-state index is -0.760. The molecule has 0 aromatic heterocycles. The quantitative estimate of drug-likeness (QED) is 0.754. The van der Waals surface area contributed by atoms with Crippen LogP contribution in [0.2, 0.25) is 5.02 Å². The van der Waals surface area contributed by atoms with Gasteiger partial charge in [0.2, 0.25) is 0 Å². The van der Waals surface area contributed by atoms with Gasteiger partial charge in [0.15, 0.2) is 17.2 Å². The second-order valence-electron chi connectivity index (χ2n) is 7.23. The van der Waals surface area contributed by atoms with Crippen LogP contribution in [0, 0.1) is 13.8 Å². The number of hydrogen-bond donors (Lipinski definition) is 0. The standard InChI is InChI=1S/C19H22ClNO4/c1-12-9-14(20)10-13(2)15(12)11-16-21-18(17(22)25-16)3-5-19(6-4-18)23-7-8-24-19/h9-10H,3-8,11H2,1-2H3. The van der Waals surface area contributed by atoms with E-state index in [0.717, 1.165) is 21.7 Å². The second kappa shape index (κ2) is 6.08. The van der Waals surface area contributed by atoms with Crippen molar-refractivity contribution in [2.75, 3.05) is 13.2 Å². The fourth-order valence-electron chi connectivity index (χ4n) is 4.10. The summed E-state index contributed by atoms with van der Waals surface area (Å²) in [6, 6.07) is 3.85. The smallest absolute Gasteiger partial charge is 0.340 e. The molecule has 1 saturated carbocycles. The molecule has 1 aromatic carbocycles. The van der Waals surface area contributed by atoms with Crippen LogP contribution in [0.25, 0.3) is 0 Å². The predicted octanol–water partition coefficient (Wildman–Crippen LogP) is 3.51. The monoisotopic (exact) mass is 363 g/mol. The number of esters is 1. The minimum Gasteiger partial charge on any atom is -0.410 e. The highest BCUT2D eigenvalue weighted by Gasteiger charge is 2.53. The molecule has 2 heterocycles. The number of ether oxygens (including phenoxy) is 3. The van der Waals surface area contributed by atoms with Crippen LogP contribution in [0.15, 0.2) is 17.1 Å². The van der Waals surface area contributed by atoms with E-state index < -0.39 is 11.3 Å². The van der Waals surface area contributed by atoms with E-state index in [-0.39, 0.29) is 5.97 Å². The predicted molar refractivity (Wildman–Crippen MR) is 94.0 cm³/mol. The van der Waals surface area contributed by atoms with Crippen LogP contribution in [0.1, 0.15) is 42.4 Å². The van der Waals surface area contributed by atoms with Crippen molar-refractivity contribution < 1.29 is 19.0 Å². The first kappa shape index (κ1) is 17.0. The Morgan fingerprint density at radius 3 is 2.28 bits per heavy atom. The molecule has 134 valence electrons. The maximum atomic E-state index is 12.5. The molecule has 0 amide bonds. The lowest BCUT2D eigenvalue weighted by Crippen LogP contribution is -2.45. The van der Waals surface area contributed by atoms with E-state index >= 15 is 0 Å². The lowest BCUT2D eigenvalue weighted by Gasteiger charge is -2.37. The van der Waals surface area contributed by atoms with Crippen LogP contribution >= 0.6 is 11.6 Å². The fraction of sp³-hybridized carbons (Fsp3) is 0.579. The normalized spacial score (nSPS) is 24.0. The first-order chi connectivity index (χ1) is 11.9. The van der Waals surface area contributed by atoms with Gasteiger partial charge in [0.1, 0.15) is 0 Å². The summed E-state index contributed by atoms with van der Waals surface area (Å²) >= 11 is 6.10. The van der Waals surface area contributed by atoms with E-state index in [9.17, 15) is 4.79 Å².